The number of aromatic carboxylic acids is 1. The van der Waals surface area contributed by atoms with Gasteiger partial charge in [-0.25, -0.2) is 4.79 Å². The first-order valence-electron chi connectivity index (χ1n) is 5.05. The monoisotopic (exact) mass is 369 g/mol. The molecular formula is C12H4Cl5NO2. The normalized spacial score (nSPS) is 10.7. The van der Waals surface area contributed by atoms with E-state index in [0.29, 0.717) is 0 Å². The van der Waals surface area contributed by atoms with Crippen LogP contribution in [0.4, 0.5) is 0 Å². The van der Waals surface area contributed by atoms with Crippen molar-refractivity contribution in [1.82, 2.24) is 4.98 Å². The van der Waals surface area contributed by atoms with E-state index in [4.69, 9.17) is 58.0 Å². The van der Waals surface area contributed by atoms with Crippen LogP contribution in [0.5, 0.6) is 0 Å². The molecule has 0 spiro atoms. The van der Waals surface area contributed by atoms with Crippen LogP contribution in [0.2, 0.25) is 25.1 Å². The van der Waals surface area contributed by atoms with Crippen LogP contribution in [0.15, 0.2) is 18.5 Å². The summed E-state index contributed by atoms with van der Waals surface area (Å²) in [6.07, 6.45) is 2.66. The minimum atomic E-state index is -1.16. The predicted octanol–water partition coefficient (Wildman–Crippen LogP) is 5.71. The molecule has 0 fully saturated rings. The maximum absolute atomic E-state index is 11.2. The lowest BCUT2D eigenvalue weighted by Crippen LogP contribution is -2.01. The molecule has 1 aromatic carbocycles. The van der Waals surface area contributed by atoms with E-state index in [2.05, 4.69) is 4.98 Å². The molecule has 3 nitrogen and oxygen atoms in total. The second-order valence-electron chi connectivity index (χ2n) is 3.67. The van der Waals surface area contributed by atoms with Gasteiger partial charge in [0.25, 0.3) is 0 Å². The van der Waals surface area contributed by atoms with Crippen LogP contribution >= 0.6 is 58.0 Å². The fraction of sp³-hybridized carbons (Fsp3) is 0. The van der Waals surface area contributed by atoms with Crippen LogP contribution in [0.1, 0.15) is 10.4 Å². The van der Waals surface area contributed by atoms with Crippen molar-refractivity contribution in [3.63, 3.8) is 0 Å². The molecule has 0 unspecified atom stereocenters. The van der Waals surface area contributed by atoms with E-state index in [1.165, 1.54) is 18.5 Å². The second kappa shape index (κ2) is 5.96. The zero-order valence-electron chi connectivity index (χ0n) is 9.42. The number of carboxylic acids is 1. The van der Waals surface area contributed by atoms with Crippen LogP contribution in [0, 0.1) is 0 Å². The van der Waals surface area contributed by atoms with Crippen LogP contribution in [0.3, 0.4) is 0 Å². The van der Waals surface area contributed by atoms with Crippen LogP contribution in [-0.2, 0) is 0 Å². The highest BCUT2D eigenvalue weighted by Crippen LogP contribution is 2.48. The quantitative estimate of drug-likeness (QED) is 0.543. The van der Waals surface area contributed by atoms with Gasteiger partial charge in [-0.05, 0) is 6.07 Å². The number of halogens is 5. The number of nitrogens with zero attached hydrogens (tertiary/aromatic N) is 1. The van der Waals surface area contributed by atoms with Crippen molar-refractivity contribution in [1.29, 1.82) is 0 Å². The van der Waals surface area contributed by atoms with Gasteiger partial charge in [0.1, 0.15) is 0 Å². The Labute approximate surface area is 139 Å². The highest BCUT2D eigenvalue weighted by molar-refractivity contribution is 6.56. The Morgan fingerprint density at radius 3 is 1.95 bits per heavy atom. The highest BCUT2D eigenvalue weighted by atomic mass is 35.5. The summed E-state index contributed by atoms with van der Waals surface area (Å²) >= 11 is 30.0. The highest BCUT2D eigenvalue weighted by Gasteiger charge is 2.23. The average Bonchev–Trinajstić information content (AvgIpc) is 2.43. The first kappa shape index (κ1) is 15.7. The molecule has 0 atom stereocenters. The van der Waals surface area contributed by atoms with Gasteiger partial charge in [-0.2, -0.15) is 0 Å². The lowest BCUT2D eigenvalue weighted by Gasteiger charge is -2.13. The van der Waals surface area contributed by atoms with Crippen molar-refractivity contribution in [3.05, 3.63) is 49.1 Å². The molecule has 2 aromatic rings. The van der Waals surface area contributed by atoms with Gasteiger partial charge in [-0.1, -0.05) is 58.0 Å². The van der Waals surface area contributed by atoms with Crippen molar-refractivity contribution < 1.29 is 9.90 Å². The molecule has 1 heterocycles. The van der Waals surface area contributed by atoms with Crippen molar-refractivity contribution in [2.45, 2.75) is 0 Å². The van der Waals surface area contributed by atoms with E-state index in [0.717, 1.165) is 0 Å². The average molecular weight is 371 g/mol. The number of benzene rings is 1. The summed E-state index contributed by atoms with van der Waals surface area (Å²) in [4.78, 5) is 15.1. The maximum atomic E-state index is 11.2. The van der Waals surface area contributed by atoms with E-state index >= 15 is 0 Å². The molecule has 1 N–H and O–H groups in total. The van der Waals surface area contributed by atoms with Crippen molar-refractivity contribution >= 4 is 64.0 Å². The van der Waals surface area contributed by atoms with E-state index < -0.39 is 5.97 Å². The third-order valence-corrected chi connectivity index (χ3v) is 4.81. The minimum Gasteiger partial charge on any atom is -0.478 e. The Balaban J connectivity index is 2.88. The Bertz CT molecular complexity index is 688. The number of carbonyl (C=O) groups is 1. The van der Waals surface area contributed by atoms with Gasteiger partial charge < -0.3 is 5.11 Å². The van der Waals surface area contributed by atoms with Crippen LogP contribution in [-0.4, -0.2) is 16.1 Å². The lowest BCUT2D eigenvalue weighted by atomic mass is 10.0. The summed E-state index contributed by atoms with van der Waals surface area (Å²) in [5, 5.41) is 9.23. The zero-order valence-corrected chi connectivity index (χ0v) is 13.2. The Morgan fingerprint density at radius 2 is 1.45 bits per heavy atom. The Kier molecular flexibility index (Phi) is 4.67. The molecular weight excluding hydrogens is 367 g/mol. The molecule has 0 aliphatic rings. The number of carboxylic acid groups (broad SMARTS) is 1. The van der Waals surface area contributed by atoms with Gasteiger partial charge in [-0.3, -0.25) is 4.98 Å². The number of hydrogen-bond donors (Lipinski definition) is 1. The molecule has 8 heteroatoms. The molecule has 1 aromatic heterocycles. The van der Waals surface area contributed by atoms with Gasteiger partial charge in [0.05, 0.1) is 30.7 Å². The van der Waals surface area contributed by atoms with Crippen molar-refractivity contribution in [2.75, 3.05) is 0 Å². The van der Waals surface area contributed by atoms with E-state index in [1.54, 1.807) is 0 Å². The van der Waals surface area contributed by atoms with Crippen LogP contribution in [0.25, 0.3) is 11.1 Å². The molecule has 0 amide bonds. The summed E-state index contributed by atoms with van der Waals surface area (Å²) in [5.74, 6) is -1.16. The molecule has 104 valence electrons. The molecule has 20 heavy (non-hydrogen) atoms. The van der Waals surface area contributed by atoms with E-state index in [9.17, 15) is 9.90 Å². The first-order valence-corrected chi connectivity index (χ1v) is 6.94. The molecule has 0 saturated carbocycles. The van der Waals surface area contributed by atoms with Gasteiger partial charge in [0.15, 0.2) is 0 Å². The Hall–Kier alpha value is -0.710. The number of aromatic nitrogens is 1. The maximum Gasteiger partial charge on any atom is 0.336 e. The summed E-state index contributed by atoms with van der Waals surface area (Å²) < 4.78 is 0. The smallest absolute Gasteiger partial charge is 0.336 e. The third kappa shape index (κ3) is 2.57. The summed E-state index contributed by atoms with van der Waals surface area (Å²) in [6.45, 7) is 0. The lowest BCUT2D eigenvalue weighted by molar-refractivity contribution is 0.0697. The molecule has 0 radical (unpaired) electrons. The minimum absolute atomic E-state index is 0.00192. The van der Waals surface area contributed by atoms with E-state index in [1.807, 2.05) is 0 Å². The van der Waals surface area contributed by atoms with Gasteiger partial charge in [0, 0.05) is 23.5 Å². The predicted molar refractivity (Wildman–Crippen MR) is 81.7 cm³/mol. The topological polar surface area (TPSA) is 50.2 Å². The van der Waals surface area contributed by atoms with Crippen molar-refractivity contribution in [2.24, 2.45) is 0 Å². The largest absolute Gasteiger partial charge is 0.478 e. The standard InChI is InChI=1S/C12H4Cl5NO2/c13-7-6(8(14)10(16)11(17)9(7)15)5-3-18-2-1-4(5)12(19)20/h1-3H,(H,19,20). The first-order chi connectivity index (χ1) is 9.36. The zero-order chi connectivity index (χ0) is 15.0. The fourth-order valence-corrected chi connectivity index (χ4v) is 2.96. The molecule has 0 aliphatic heterocycles. The summed E-state index contributed by atoms with van der Waals surface area (Å²) in [6, 6.07) is 1.32. The second-order valence-corrected chi connectivity index (χ2v) is 5.56. The fourth-order valence-electron chi connectivity index (χ4n) is 1.62. The SMILES string of the molecule is O=C(O)c1ccncc1-c1c(Cl)c(Cl)c(Cl)c(Cl)c1Cl. The van der Waals surface area contributed by atoms with Crippen LogP contribution < -0.4 is 0 Å². The third-order valence-electron chi connectivity index (χ3n) is 2.53. The number of hydrogen-bond acceptors (Lipinski definition) is 2. The molecule has 0 saturated heterocycles. The summed E-state index contributed by atoms with van der Waals surface area (Å²) in [7, 11) is 0. The summed E-state index contributed by atoms with van der Waals surface area (Å²) in [5.41, 5.74) is 0.354. The van der Waals surface area contributed by atoms with Gasteiger partial charge in [0.2, 0.25) is 0 Å². The van der Waals surface area contributed by atoms with E-state index in [-0.39, 0.29) is 41.8 Å². The van der Waals surface area contributed by atoms with Gasteiger partial charge >= 0.3 is 5.97 Å². The molecule has 0 aliphatic carbocycles. The molecule has 2 rings (SSSR count). The number of rotatable bonds is 2. The van der Waals surface area contributed by atoms with Crippen molar-refractivity contribution in [3.8, 4) is 11.1 Å². The van der Waals surface area contributed by atoms with Gasteiger partial charge in [-0.15, -0.1) is 0 Å². The molecule has 0 bridgehead atoms. The Morgan fingerprint density at radius 1 is 0.950 bits per heavy atom. The number of pyridine rings is 1.